The summed E-state index contributed by atoms with van der Waals surface area (Å²) in [5.41, 5.74) is 5.67. The first-order valence-corrected chi connectivity index (χ1v) is 9.26. The van der Waals surface area contributed by atoms with Crippen LogP contribution >= 0.6 is 0 Å². The lowest BCUT2D eigenvalue weighted by Crippen LogP contribution is -2.58. The molecule has 8 heteroatoms. The van der Waals surface area contributed by atoms with E-state index < -0.39 is 5.54 Å². The Kier molecular flexibility index (Phi) is 5.71. The SMILES string of the molecule is CCOC(C)c1noc(CN2CCN(C(=O)C3(N)CCCC3)CC2)n1. The highest BCUT2D eigenvalue weighted by atomic mass is 16.5. The average molecular weight is 351 g/mol. The summed E-state index contributed by atoms with van der Waals surface area (Å²) in [5.74, 6) is 1.29. The van der Waals surface area contributed by atoms with Crippen LogP contribution < -0.4 is 5.73 Å². The van der Waals surface area contributed by atoms with Crippen molar-refractivity contribution in [2.45, 2.75) is 57.7 Å². The first-order valence-electron chi connectivity index (χ1n) is 9.26. The minimum atomic E-state index is -0.626. The normalized spacial score (nSPS) is 22.3. The van der Waals surface area contributed by atoms with E-state index in [1.807, 2.05) is 18.7 Å². The number of ether oxygens (including phenoxy) is 1. The van der Waals surface area contributed by atoms with Gasteiger partial charge in [-0.2, -0.15) is 4.98 Å². The third kappa shape index (κ3) is 4.19. The van der Waals surface area contributed by atoms with Gasteiger partial charge in [0.05, 0.1) is 12.1 Å². The van der Waals surface area contributed by atoms with Gasteiger partial charge in [-0.1, -0.05) is 18.0 Å². The Morgan fingerprint density at radius 1 is 1.32 bits per heavy atom. The fraction of sp³-hybridized carbons (Fsp3) is 0.824. The van der Waals surface area contributed by atoms with Crippen LogP contribution in [-0.2, 0) is 16.1 Å². The van der Waals surface area contributed by atoms with Crippen LogP contribution in [0.5, 0.6) is 0 Å². The molecule has 2 fully saturated rings. The van der Waals surface area contributed by atoms with Crippen molar-refractivity contribution in [2.75, 3.05) is 32.8 Å². The lowest BCUT2D eigenvalue weighted by molar-refractivity contribution is -0.138. The predicted octanol–water partition coefficient (Wildman–Crippen LogP) is 1.08. The molecule has 1 amide bonds. The van der Waals surface area contributed by atoms with Gasteiger partial charge in [-0.3, -0.25) is 9.69 Å². The number of carbonyl (C=O) groups excluding carboxylic acids is 1. The molecule has 0 radical (unpaired) electrons. The molecule has 0 aromatic carbocycles. The number of nitrogens with two attached hydrogens (primary N) is 1. The summed E-state index contributed by atoms with van der Waals surface area (Å²) in [6, 6.07) is 0. The Hall–Kier alpha value is -1.51. The van der Waals surface area contributed by atoms with E-state index in [1.54, 1.807) is 0 Å². The van der Waals surface area contributed by atoms with E-state index in [2.05, 4.69) is 15.0 Å². The van der Waals surface area contributed by atoms with Gasteiger partial charge in [0.25, 0.3) is 0 Å². The first kappa shape index (κ1) is 18.3. The molecule has 1 aliphatic heterocycles. The van der Waals surface area contributed by atoms with Gasteiger partial charge >= 0.3 is 0 Å². The molecule has 2 aliphatic rings. The molecule has 8 nitrogen and oxygen atoms in total. The topological polar surface area (TPSA) is 97.7 Å². The van der Waals surface area contributed by atoms with Crippen LogP contribution in [0.3, 0.4) is 0 Å². The van der Waals surface area contributed by atoms with Gasteiger partial charge in [0.1, 0.15) is 6.10 Å². The standard InChI is InChI=1S/C17H29N5O3/c1-3-24-13(2)15-19-14(25-20-15)12-21-8-10-22(11-9-21)16(23)17(18)6-4-5-7-17/h13H,3-12,18H2,1-2H3. The van der Waals surface area contributed by atoms with Crippen LogP contribution in [0.2, 0.25) is 0 Å². The quantitative estimate of drug-likeness (QED) is 0.819. The third-order valence-electron chi connectivity index (χ3n) is 5.20. The highest BCUT2D eigenvalue weighted by Crippen LogP contribution is 2.29. The van der Waals surface area contributed by atoms with Gasteiger partial charge in [-0.25, -0.2) is 0 Å². The molecule has 140 valence electrons. The molecule has 2 heterocycles. The van der Waals surface area contributed by atoms with E-state index in [-0.39, 0.29) is 12.0 Å². The van der Waals surface area contributed by atoms with Crippen LogP contribution in [0.25, 0.3) is 0 Å². The molecule has 1 aromatic heterocycles. The molecule has 0 spiro atoms. The second kappa shape index (κ2) is 7.80. The maximum Gasteiger partial charge on any atom is 0.242 e. The molecular formula is C17H29N5O3. The maximum absolute atomic E-state index is 12.7. The third-order valence-corrected chi connectivity index (χ3v) is 5.20. The minimum Gasteiger partial charge on any atom is -0.371 e. The Balaban J connectivity index is 1.49. The average Bonchev–Trinajstić information content (AvgIpc) is 3.25. The summed E-state index contributed by atoms with van der Waals surface area (Å²) in [7, 11) is 0. The van der Waals surface area contributed by atoms with Crippen molar-refractivity contribution in [2.24, 2.45) is 5.73 Å². The van der Waals surface area contributed by atoms with Crippen molar-refractivity contribution in [3.8, 4) is 0 Å². The number of carbonyl (C=O) groups is 1. The Morgan fingerprint density at radius 2 is 2.00 bits per heavy atom. The van der Waals surface area contributed by atoms with Gasteiger partial charge in [0.2, 0.25) is 11.8 Å². The van der Waals surface area contributed by atoms with Gasteiger partial charge in [-0.15, -0.1) is 0 Å². The number of piperazine rings is 1. The number of rotatable bonds is 6. The summed E-state index contributed by atoms with van der Waals surface area (Å²) < 4.78 is 10.8. The van der Waals surface area contributed by atoms with Crippen molar-refractivity contribution in [3.05, 3.63) is 11.7 Å². The molecule has 1 saturated carbocycles. The van der Waals surface area contributed by atoms with Gasteiger partial charge in [-0.05, 0) is 26.7 Å². The Labute approximate surface area is 148 Å². The van der Waals surface area contributed by atoms with Crippen molar-refractivity contribution in [3.63, 3.8) is 0 Å². The minimum absolute atomic E-state index is 0.121. The first-order chi connectivity index (χ1) is 12.0. The molecular weight excluding hydrogens is 322 g/mol. The Morgan fingerprint density at radius 3 is 2.64 bits per heavy atom. The highest BCUT2D eigenvalue weighted by molar-refractivity contribution is 5.86. The van der Waals surface area contributed by atoms with Crippen molar-refractivity contribution in [1.29, 1.82) is 0 Å². The summed E-state index contributed by atoms with van der Waals surface area (Å²) in [5, 5.41) is 3.99. The molecule has 3 rings (SSSR count). The lowest BCUT2D eigenvalue weighted by Gasteiger charge is -2.38. The predicted molar refractivity (Wildman–Crippen MR) is 91.6 cm³/mol. The zero-order valence-electron chi connectivity index (χ0n) is 15.2. The summed E-state index contributed by atoms with van der Waals surface area (Å²) in [4.78, 5) is 21.2. The van der Waals surface area contributed by atoms with E-state index in [4.69, 9.17) is 15.0 Å². The van der Waals surface area contributed by atoms with Gasteiger partial charge < -0.3 is 19.9 Å². The van der Waals surface area contributed by atoms with E-state index in [1.165, 1.54) is 0 Å². The van der Waals surface area contributed by atoms with Crippen LogP contribution in [0, 0.1) is 0 Å². The number of nitrogens with zero attached hydrogens (tertiary/aromatic N) is 4. The summed E-state index contributed by atoms with van der Waals surface area (Å²) >= 11 is 0. The van der Waals surface area contributed by atoms with Crippen LogP contribution in [0.1, 0.15) is 57.3 Å². The lowest BCUT2D eigenvalue weighted by atomic mass is 9.97. The van der Waals surface area contributed by atoms with E-state index in [0.717, 1.165) is 38.8 Å². The number of amides is 1. The zero-order chi connectivity index (χ0) is 17.9. The van der Waals surface area contributed by atoms with Crippen LogP contribution in [0.15, 0.2) is 4.52 Å². The zero-order valence-corrected chi connectivity index (χ0v) is 15.2. The van der Waals surface area contributed by atoms with Crippen LogP contribution in [0.4, 0.5) is 0 Å². The fourth-order valence-corrected chi connectivity index (χ4v) is 3.66. The molecule has 25 heavy (non-hydrogen) atoms. The maximum atomic E-state index is 12.7. The smallest absolute Gasteiger partial charge is 0.242 e. The van der Waals surface area contributed by atoms with E-state index in [9.17, 15) is 4.79 Å². The Bertz CT molecular complexity index is 577. The van der Waals surface area contributed by atoms with Gasteiger partial charge in [0.15, 0.2) is 5.82 Å². The molecule has 1 aromatic rings. The molecule has 1 aliphatic carbocycles. The number of hydrogen-bond acceptors (Lipinski definition) is 7. The van der Waals surface area contributed by atoms with E-state index in [0.29, 0.717) is 38.0 Å². The number of aromatic nitrogens is 2. The second-order valence-corrected chi connectivity index (χ2v) is 7.08. The molecule has 1 unspecified atom stereocenters. The molecule has 0 bridgehead atoms. The summed E-state index contributed by atoms with van der Waals surface area (Å²) in [6.45, 7) is 8.05. The second-order valence-electron chi connectivity index (χ2n) is 7.08. The largest absolute Gasteiger partial charge is 0.371 e. The number of hydrogen-bond donors (Lipinski definition) is 1. The van der Waals surface area contributed by atoms with Crippen molar-refractivity contribution < 1.29 is 14.1 Å². The fourth-order valence-electron chi connectivity index (χ4n) is 3.66. The van der Waals surface area contributed by atoms with E-state index >= 15 is 0 Å². The summed E-state index contributed by atoms with van der Waals surface area (Å²) in [6.07, 6.45) is 3.58. The molecule has 2 N–H and O–H groups in total. The monoisotopic (exact) mass is 351 g/mol. The van der Waals surface area contributed by atoms with Crippen LogP contribution in [-0.4, -0.2) is 64.2 Å². The van der Waals surface area contributed by atoms with Crippen molar-refractivity contribution >= 4 is 5.91 Å². The van der Waals surface area contributed by atoms with Crippen molar-refractivity contribution in [1.82, 2.24) is 19.9 Å². The highest BCUT2D eigenvalue weighted by Gasteiger charge is 2.40. The molecule has 1 saturated heterocycles. The van der Waals surface area contributed by atoms with Gasteiger partial charge in [0, 0.05) is 32.8 Å². The molecule has 1 atom stereocenters.